The van der Waals surface area contributed by atoms with Crippen LogP contribution in [0.5, 0.6) is 5.75 Å². The number of aryl methyl sites for hydroxylation is 1. The van der Waals surface area contributed by atoms with Crippen molar-refractivity contribution in [1.82, 2.24) is 4.57 Å². The van der Waals surface area contributed by atoms with Gasteiger partial charge in [-0.25, -0.2) is 0 Å². The first kappa shape index (κ1) is 16.8. The summed E-state index contributed by atoms with van der Waals surface area (Å²) < 4.78 is 7.22. The lowest BCUT2D eigenvalue weighted by molar-refractivity contribution is 0.101. The van der Waals surface area contributed by atoms with Crippen LogP contribution in [-0.2, 0) is 6.54 Å². The number of hydrogen-bond donors (Lipinski definition) is 1. The average Bonchev–Trinajstić information content (AvgIpc) is 2.99. The van der Waals surface area contributed by atoms with E-state index in [-0.39, 0.29) is 11.7 Å². The third-order valence-corrected chi connectivity index (χ3v) is 4.21. The normalized spacial score (nSPS) is 10.7. The van der Waals surface area contributed by atoms with Crippen LogP contribution in [0.2, 0.25) is 0 Å². The molecule has 0 aliphatic heterocycles. The molecule has 0 saturated carbocycles. The van der Waals surface area contributed by atoms with Crippen LogP contribution >= 0.6 is 0 Å². The van der Waals surface area contributed by atoms with E-state index in [0.717, 1.165) is 16.7 Å². The summed E-state index contributed by atoms with van der Waals surface area (Å²) in [5, 5.41) is 3.84. The van der Waals surface area contributed by atoms with E-state index in [2.05, 4.69) is 5.32 Å². The summed E-state index contributed by atoms with van der Waals surface area (Å²) in [7, 11) is 1.62. The molecule has 25 heavy (non-hydrogen) atoms. The lowest BCUT2D eigenvalue weighted by atomic mass is 10.1. The highest BCUT2D eigenvalue weighted by molar-refractivity contribution is 6.06. The van der Waals surface area contributed by atoms with Crippen LogP contribution in [-0.4, -0.2) is 23.4 Å². The molecule has 1 amide bonds. The van der Waals surface area contributed by atoms with Crippen molar-refractivity contribution in [2.45, 2.75) is 20.4 Å². The van der Waals surface area contributed by atoms with Gasteiger partial charge in [-0.1, -0.05) is 0 Å². The van der Waals surface area contributed by atoms with Crippen molar-refractivity contribution < 1.29 is 14.3 Å². The van der Waals surface area contributed by atoms with Crippen molar-refractivity contribution in [3.63, 3.8) is 0 Å². The molecule has 0 bridgehead atoms. The molecule has 5 heteroatoms. The van der Waals surface area contributed by atoms with E-state index in [0.29, 0.717) is 23.5 Å². The third-order valence-electron chi connectivity index (χ3n) is 4.21. The number of Topliss-reactive ketones (excluding diaryl/α,β-unsaturated/α-hetero) is 1. The van der Waals surface area contributed by atoms with Gasteiger partial charge in [0.1, 0.15) is 11.4 Å². The van der Waals surface area contributed by atoms with Gasteiger partial charge in [0.2, 0.25) is 0 Å². The molecule has 2 aromatic carbocycles. The lowest BCUT2D eigenvalue weighted by Gasteiger charge is -2.09. The van der Waals surface area contributed by atoms with E-state index in [1.807, 2.05) is 35.8 Å². The van der Waals surface area contributed by atoms with E-state index in [4.69, 9.17) is 4.74 Å². The molecule has 0 fully saturated rings. The molecular weight excluding hydrogens is 316 g/mol. The number of carbonyl (C=O) groups is 2. The minimum atomic E-state index is -0.187. The van der Waals surface area contributed by atoms with Gasteiger partial charge in [-0.3, -0.25) is 9.59 Å². The Kier molecular flexibility index (Phi) is 4.57. The molecular formula is C20H20N2O3. The number of methoxy groups -OCH3 is 1. The smallest absolute Gasteiger partial charge is 0.272 e. The molecule has 0 aliphatic carbocycles. The van der Waals surface area contributed by atoms with E-state index in [1.54, 1.807) is 31.4 Å². The molecule has 0 aliphatic rings. The molecule has 0 saturated heterocycles. The standard InChI is InChI=1S/C20H20N2O3/c1-4-22-18-10-9-17(25-3)11-15(18)12-19(22)20(24)21-16-7-5-14(6-8-16)13(2)23/h5-12H,4H2,1-3H3,(H,21,24). The Hall–Kier alpha value is -3.08. The van der Waals surface area contributed by atoms with Gasteiger partial charge < -0.3 is 14.6 Å². The second kappa shape index (κ2) is 6.81. The Bertz CT molecular complexity index is 939. The summed E-state index contributed by atoms with van der Waals surface area (Å²) >= 11 is 0. The van der Waals surface area contributed by atoms with Crippen LogP contribution in [0.3, 0.4) is 0 Å². The van der Waals surface area contributed by atoms with Crippen molar-refractivity contribution in [1.29, 1.82) is 0 Å². The number of anilines is 1. The van der Waals surface area contributed by atoms with Gasteiger partial charge in [-0.2, -0.15) is 0 Å². The molecule has 3 aromatic rings. The fraction of sp³-hybridized carbons (Fsp3) is 0.200. The predicted octanol–water partition coefficient (Wildman–Crippen LogP) is 4.12. The number of hydrogen-bond acceptors (Lipinski definition) is 3. The monoisotopic (exact) mass is 336 g/mol. The number of aromatic nitrogens is 1. The molecule has 5 nitrogen and oxygen atoms in total. The molecule has 0 atom stereocenters. The van der Waals surface area contributed by atoms with Gasteiger partial charge in [0.05, 0.1) is 7.11 Å². The quantitative estimate of drug-likeness (QED) is 0.713. The topological polar surface area (TPSA) is 60.3 Å². The van der Waals surface area contributed by atoms with Gasteiger partial charge in [0.15, 0.2) is 5.78 Å². The van der Waals surface area contributed by atoms with Crippen LogP contribution < -0.4 is 10.1 Å². The van der Waals surface area contributed by atoms with Crippen molar-refractivity contribution in [2.75, 3.05) is 12.4 Å². The second-order valence-electron chi connectivity index (χ2n) is 5.79. The fourth-order valence-corrected chi connectivity index (χ4v) is 2.89. The van der Waals surface area contributed by atoms with E-state index < -0.39 is 0 Å². The highest BCUT2D eigenvalue weighted by Crippen LogP contribution is 2.25. The van der Waals surface area contributed by atoms with E-state index in [1.165, 1.54) is 6.92 Å². The van der Waals surface area contributed by atoms with Crippen molar-refractivity contribution >= 4 is 28.3 Å². The molecule has 1 heterocycles. The first-order valence-corrected chi connectivity index (χ1v) is 8.13. The predicted molar refractivity (Wildman–Crippen MR) is 98.6 cm³/mol. The molecule has 1 aromatic heterocycles. The molecule has 1 N–H and O–H groups in total. The van der Waals surface area contributed by atoms with Crippen LogP contribution in [0.15, 0.2) is 48.5 Å². The molecule has 128 valence electrons. The Labute approximate surface area is 146 Å². The first-order chi connectivity index (χ1) is 12.0. The average molecular weight is 336 g/mol. The zero-order chi connectivity index (χ0) is 18.0. The van der Waals surface area contributed by atoms with Crippen LogP contribution in [0, 0.1) is 0 Å². The van der Waals surface area contributed by atoms with Crippen molar-refractivity contribution in [3.8, 4) is 5.75 Å². The number of ketones is 1. The van der Waals surface area contributed by atoms with Gasteiger partial charge in [-0.15, -0.1) is 0 Å². The van der Waals surface area contributed by atoms with Crippen LogP contribution in [0.4, 0.5) is 5.69 Å². The van der Waals surface area contributed by atoms with Gasteiger partial charge in [-0.05, 0) is 62.4 Å². The summed E-state index contributed by atoms with van der Waals surface area (Å²) in [4.78, 5) is 24.0. The Morgan fingerprint density at radius 2 is 1.80 bits per heavy atom. The third kappa shape index (κ3) is 3.26. The van der Waals surface area contributed by atoms with Gasteiger partial charge in [0.25, 0.3) is 5.91 Å². The Balaban J connectivity index is 1.92. The maximum absolute atomic E-state index is 12.7. The SMILES string of the molecule is CCn1c(C(=O)Nc2ccc(C(C)=O)cc2)cc2cc(OC)ccc21. The van der Waals surface area contributed by atoms with E-state index in [9.17, 15) is 9.59 Å². The number of nitrogens with one attached hydrogen (secondary N) is 1. The number of carbonyl (C=O) groups excluding carboxylic acids is 2. The highest BCUT2D eigenvalue weighted by atomic mass is 16.5. The van der Waals surface area contributed by atoms with E-state index >= 15 is 0 Å². The molecule has 0 unspecified atom stereocenters. The van der Waals surface area contributed by atoms with Crippen LogP contribution in [0.1, 0.15) is 34.7 Å². The number of fused-ring (bicyclic) bond motifs is 1. The largest absolute Gasteiger partial charge is 0.497 e. The second-order valence-corrected chi connectivity index (χ2v) is 5.79. The Morgan fingerprint density at radius 3 is 2.40 bits per heavy atom. The minimum Gasteiger partial charge on any atom is -0.497 e. The maximum Gasteiger partial charge on any atom is 0.272 e. The molecule has 0 spiro atoms. The fourth-order valence-electron chi connectivity index (χ4n) is 2.89. The summed E-state index contributed by atoms with van der Waals surface area (Å²) in [5.41, 5.74) is 2.84. The van der Waals surface area contributed by atoms with Gasteiger partial charge in [0, 0.05) is 28.7 Å². The first-order valence-electron chi connectivity index (χ1n) is 8.13. The van der Waals surface area contributed by atoms with Crippen molar-refractivity contribution in [3.05, 3.63) is 59.8 Å². The van der Waals surface area contributed by atoms with Crippen LogP contribution in [0.25, 0.3) is 10.9 Å². The summed E-state index contributed by atoms with van der Waals surface area (Å²) in [6, 6.07) is 14.5. The summed E-state index contributed by atoms with van der Waals surface area (Å²) in [6.45, 7) is 4.20. The lowest BCUT2D eigenvalue weighted by Crippen LogP contribution is -2.16. The number of rotatable bonds is 5. The number of benzene rings is 2. The Morgan fingerprint density at radius 1 is 1.08 bits per heavy atom. The summed E-state index contributed by atoms with van der Waals surface area (Å²) in [6.07, 6.45) is 0. The van der Waals surface area contributed by atoms with Gasteiger partial charge >= 0.3 is 0 Å². The molecule has 0 radical (unpaired) electrons. The minimum absolute atomic E-state index is 0.00191. The zero-order valence-electron chi connectivity index (χ0n) is 14.5. The van der Waals surface area contributed by atoms with Crippen molar-refractivity contribution in [2.24, 2.45) is 0 Å². The maximum atomic E-state index is 12.7. The number of nitrogens with zero attached hydrogens (tertiary/aromatic N) is 1. The number of amides is 1. The highest BCUT2D eigenvalue weighted by Gasteiger charge is 2.15. The summed E-state index contributed by atoms with van der Waals surface area (Å²) in [5.74, 6) is 0.568. The molecule has 3 rings (SSSR count). The number of ether oxygens (including phenoxy) is 1. The zero-order valence-corrected chi connectivity index (χ0v) is 14.5.